The molecule has 246 valence electrons. The molecule has 1 aliphatic rings. The third kappa shape index (κ3) is 8.89. The third-order valence-corrected chi connectivity index (χ3v) is 10.6. The van der Waals surface area contributed by atoms with Gasteiger partial charge in [0.2, 0.25) is 11.8 Å². The van der Waals surface area contributed by atoms with E-state index in [0.717, 1.165) is 59.9 Å². The standard InChI is InChI=1S/C39H45N3O4S/c1-29-20-22-36(23-21-29)47(45,46)42(35-19-11-13-31(3)25-35)28-38(43)41(27-33-16-10-12-30(2)24-33)37(26-32-14-6-4-7-15-32)39(44)40-34-17-8-5-9-18-34/h4,6-7,10-16,19-25,34,37H,5,8-9,17-18,26-28H2,1-3H3,(H,40,44)/t37-/m1/s1. The number of sulfonamides is 1. The number of aryl methyl sites for hydroxylation is 3. The van der Waals surface area contributed by atoms with Crippen molar-refractivity contribution in [2.75, 3.05) is 10.8 Å². The summed E-state index contributed by atoms with van der Waals surface area (Å²) >= 11 is 0. The smallest absolute Gasteiger partial charge is 0.264 e. The van der Waals surface area contributed by atoms with Gasteiger partial charge in [0.25, 0.3) is 10.0 Å². The van der Waals surface area contributed by atoms with Crippen LogP contribution in [0.4, 0.5) is 5.69 Å². The maximum Gasteiger partial charge on any atom is 0.264 e. The molecule has 1 N–H and O–H groups in total. The Bertz CT molecular complexity index is 1770. The van der Waals surface area contributed by atoms with Crippen LogP contribution in [-0.2, 0) is 32.6 Å². The summed E-state index contributed by atoms with van der Waals surface area (Å²) in [5.74, 6) is -0.673. The summed E-state index contributed by atoms with van der Waals surface area (Å²) < 4.78 is 29.7. The number of nitrogens with one attached hydrogen (secondary N) is 1. The molecule has 0 aliphatic heterocycles. The molecule has 8 heteroatoms. The Morgan fingerprint density at radius 3 is 2.04 bits per heavy atom. The van der Waals surface area contributed by atoms with Crippen LogP contribution in [-0.4, -0.2) is 43.8 Å². The molecule has 5 rings (SSSR count). The summed E-state index contributed by atoms with van der Waals surface area (Å²) in [6.45, 7) is 5.46. The summed E-state index contributed by atoms with van der Waals surface area (Å²) in [6, 6.07) is 30.5. The van der Waals surface area contributed by atoms with E-state index < -0.39 is 28.5 Å². The van der Waals surface area contributed by atoms with Crippen molar-refractivity contribution in [2.24, 2.45) is 0 Å². The average Bonchev–Trinajstić information content (AvgIpc) is 3.06. The zero-order chi connectivity index (χ0) is 33.4. The van der Waals surface area contributed by atoms with Gasteiger partial charge in [0, 0.05) is 19.0 Å². The lowest BCUT2D eigenvalue weighted by atomic mass is 9.94. The van der Waals surface area contributed by atoms with E-state index in [2.05, 4.69) is 5.32 Å². The molecule has 2 amide bonds. The summed E-state index contributed by atoms with van der Waals surface area (Å²) in [5, 5.41) is 3.26. The van der Waals surface area contributed by atoms with Crippen LogP contribution in [0, 0.1) is 20.8 Å². The van der Waals surface area contributed by atoms with E-state index in [1.165, 1.54) is 4.31 Å². The van der Waals surface area contributed by atoms with Gasteiger partial charge in [-0.15, -0.1) is 0 Å². The number of hydrogen-bond acceptors (Lipinski definition) is 4. The van der Waals surface area contributed by atoms with Gasteiger partial charge >= 0.3 is 0 Å². The van der Waals surface area contributed by atoms with E-state index in [-0.39, 0.29) is 23.4 Å². The molecule has 0 bridgehead atoms. The number of benzene rings is 4. The molecule has 7 nitrogen and oxygen atoms in total. The Morgan fingerprint density at radius 2 is 1.38 bits per heavy atom. The highest BCUT2D eigenvalue weighted by molar-refractivity contribution is 7.92. The first-order chi connectivity index (χ1) is 22.6. The molecule has 1 fully saturated rings. The molecule has 0 radical (unpaired) electrons. The van der Waals surface area contributed by atoms with Crippen molar-refractivity contribution in [1.82, 2.24) is 10.2 Å². The zero-order valence-corrected chi connectivity index (χ0v) is 28.4. The molecule has 0 unspecified atom stereocenters. The van der Waals surface area contributed by atoms with Crippen LogP contribution >= 0.6 is 0 Å². The van der Waals surface area contributed by atoms with E-state index in [9.17, 15) is 18.0 Å². The largest absolute Gasteiger partial charge is 0.352 e. The quantitative estimate of drug-likeness (QED) is 0.181. The van der Waals surface area contributed by atoms with Gasteiger partial charge in [-0.05, 0) is 74.6 Å². The number of carbonyl (C=O) groups is 2. The normalized spacial score (nSPS) is 14.3. The van der Waals surface area contributed by atoms with Crippen LogP contribution in [0.2, 0.25) is 0 Å². The van der Waals surface area contributed by atoms with Gasteiger partial charge in [0.15, 0.2) is 0 Å². The van der Waals surface area contributed by atoms with Crippen molar-refractivity contribution < 1.29 is 18.0 Å². The first-order valence-electron chi connectivity index (χ1n) is 16.5. The fraction of sp³-hybridized carbons (Fsp3) is 0.333. The van der Waals surface area contributed by atoms with Crippen LogP contribution in [0.25, 0.3) is 0 Å². The van der Waals surface area contributed by atoms with Crippen molar-refractivity contribution in [3.05, 3.63) is 131 Å². The Hall–Kier alpha value is -4.43. The Kier molecular flexibility index (Phi) is 11.1. The van der Waals surface area contributed by atoms with E-state index >= 15 is 0 Å². The van der Waals surface area contributed by atoms with Crippen molar-refractivity contribution in [1.29, 1.82) is 0 Å². The first-order valence-corrected chi connectivity index (χ1v) is 17.9. The number of nitrogens with zero attached hydrogens (tertiary/aromatic N) is 2. The lowest BCUT2D eigenvalue weighted by Gasteiger charge is -2.35. The van der Waals surface area contributed by atoms with Gasteiger partial charge in [-0.1, -0.05) is 109 Å². The van der Waals surface area contributed by atoms with Gasteiger partial charge in [0.05, 0.1) is 10.6 Å². The second-order valence-electron chi connectivity index (χ2n) is 12.7. The topological polar surface area (TPSA) is 86.8 Å². The Balaban J connectivity index is 1.56. The second-order valence-corrected chi connectivity index (χ2v) is 14.6. The van der Waals surface area contributed by atoms with E-state index in [1.54, 1.807) is 47.4 Å². The molecule has 0 spiro atoms. The minimum atomic E-state index is -4.14. The van der Waals surface area contributed by atoms with Crippen LogP contribution in [0.3, 0.4) is 0 Å². The van der Waals surface area contributed by atoms with Crippen molar-refractivity contribution in [2.45, 2.75) is 82.8 Å². The highest BCUT2D eigenvalue weighted by Gasteiger charge is 2.35. The molecular weight excluding hydrogens is 607 g/mol. The molecule has 47 heavy (non-hydrogen) atoms. The van der Waals surface area contributed by atoms with Crippen LogP contribution in [0.15, 0.2) is 108 Å². The summed E-state index contributed by atoms with van der Waals surface area (Å²) in [4.78, 5) is 30.6. The summed E-state index contributed by atoms with van der Waals surface area (Å²) in [7, 11) is -4.14. The number of rotatable bonds is 12. The van der Waals surface area contributed by atoms with Crippen molar-refractivity contribution in [3.8, 4) is 0 Å². The van der Waals surface area contributed by atoms with Crippen molar-refractivity contribution >= 4 is 27.5 Å². The molecule has 0 saturated heterocycles. The predicted molar refractivity (Wildman–Crippen MR) is 188 cm³/mol. The van der Waals surface area contributed by atoms with Gasteiger partial charge in [0.1, 0.15) is 12.6 Å². The highest BCUT2D eigenvalue weighted by atomic mass is 32.2. The van der Waals surface area contributed by atoms with Gasteiger partial charge in [-0.25, -0.2) is 8.42 Å². The molecule has 0 aromatic heterocycles. The lowest BCUT2D eigenvalue weighted by Crippen LogP contribution is -2.55. The summed E-state index contributed by atoms with van der Waals surface area (Å²) in [5.41, 5.74) is 5.00. The van der Waals surface area contributed by atoms with Crippen LogP contribution in [0.5, 0.6) is 0 Å². The minimum Gasteiger partial charge on any atom is -0.352 e. The zero-order valence-electron chi connectivity index (χ0n) is 27.6. The van der Waals surface area contributed by atoms with E-state index in [1.807, 2.05) is 81.4 Å². The SMILES string of the molecule is Cc1ccc(S(=O)(=O)N(CC(=O)N(Cc2cccc(C)c2)[C@H](Cc2ccccc2)C(=O)NC2CCCCC2)c2cccc(C)c2)cc1. The third-order valence-electron chi connectivity index (χ3n) is 8.84. The predicted octanol–water partition coefficient (Wildman–Crippen LogP) is 6.90. The molecule has 1 aliphatic carbocycles. The monoisotopic (exact) mass is 651 g/mol. The number of anilines is 1. The second kappa shape index (κ2) is 15.4. The highest BCUT2D eigenvalue weighted by Crippen LogP contribution is 2.27. The van der Waals surface area contributed by atoms with E-state index in [0.29, 0.717) is 12.1 Å². The molecule has 0 heterocycles. The fourth-order valence-electron chi connectivity index (χ4n) is 6.25. The van der Waals surface area contributed by atoms with Gasteiger partial charge in [-0.2, -0.15) is 0 Å². The van der Waals surface area contributed by atoms with Crippen LogP contribution in [0.1, 0.15) is 59.9 Å². The lowest BCUT2D eigenvalue weighted by molar-refractivity contribution is -0.140. The maximum absolute atomic E-state index is 14.7. The molecule has 4 aromatic rings. The number of carbonyl (C=O) groups excluding carboxylic acids is 2. The Labute approximate surface area is 279 Å². The van der Waals surface area contributed by atoms with Gasteiger partial charge in [-0.3, -0.25) is 13.9 Å². The van der Waals surface area contributed by atoms with E-state index in [4.69, 9.17) is 0 Å². The first kappa shape index (κ1) is 33.9. The number of amides is 2. The molecule has 1 saturated carbocycles. The van der Waals surface area contributed by atoms with Crippen molar-refractivity contribution in [3.63, 3.8) is 0 Å². The van der Waals surface area contributed by atoms with Crippen LogP contribution < -0.4 is 9.62 Å². The average molecular weight is 652 g/mol. The van der Waals surface area contributed by atoms with Gasteiger partial charge < -0.3 is 10.2 Å². The maximum atomic E-state index is 14.7. The fourth-order valence-corrected chi connectivity index (χ4v) is 7.66. The molecular formula is C39H45N3O4S. The number of hydrogen-bond donors (Lipinski definition) is 1. The molecule has 4 aromatic carbocycles. The minimum absolute atomic E-state index is 0.0520. The Morgan fingerprint density at radius 1 is 0.745 bits per heavy atom. The molecule has 1 atom stereocenters. The summed E-state index contributed by atoms with van der Waals surface area (Å²) in [6.07, 6.45) is 5.39.